The van der Waals surface area contributed by atoms with E-state index in [0.29, 0.717) is 26.2 Å². The van der Waals surface area contributed by atoms with Crippen LogP contribution in [0.3, 0.4) is 0 Å². The summed E-state index contributed by atoms with van der Waals surface area (Å²) in [5.41, 5.74) is 1.72. The van der Waals surface area contributed by atoms with Crippen molar-refractivity contribution >= 4 is 40.8 Å². The molecule has 0 amide bonds. The summed E-state index contributed by atoms with van der Waals surface area (Å²) in [6, 6.07) is 13.1. The predicted octanol–water partition coefficient (Wildman–Crippen LogP) is 4.06. The summed E-state index contributed by atoms with van der Waals surface area (Å²) in [4.78, 5) is 43.7. The Balaban J connectivity index is 1.89. The molecule has 1 aliphatic rings. The summed E-state index contributed by atoms with van der Waals surface area (Å²) in [7, 11) is 0. The molecule has 0 bridgehead atoms. The second kappa shape index (κ2) is 10.6. The van der Waals surface area contributed by atoms with Gasteiger partial charge in [0.2, 0.25) is 0 Å². The zero-order valence-corrected chi connectivity index (χ0v) is 21.9. The molecule has 0 N–H and O–H groups in total. The zero-order chi connectivity index (χ0) is 26.0. The standard InChI is InChI=1S/C26H25N3O5S2/c1-15(2)14-34-25(31)22-16(3)27-26-28(23(22)18-8-10-20(35-4)11-9-18)24(30)21(36-26)13-17-6-5-7-19(12-17)29(32)33/h5-13,15,23H,14H2,1-4H3. The first-order chi connectivity index (χ1) is 17.2. The van der Waals surface area contributed by atoms with Crippen LogP contribution in [-0.4, -0.2) is 28.3 Å². The lowest BCUT2D eigenvalue weighted by atomic mass is 9.96. The van der Waals surface area contributed by atoms with Crippen molar-refractivity contribution in [3.63, 3.8) is 0 Å². The predicted molar refractivity (Wildman–Crippen MR) is 141 cm³/mol. The van der Waals surface area contributed by atoms with Gasteiger partial charge in [-0.2, -0.15) is 0 Å². The molecule has 0 spiro atoms. The van der Waals surface area contributed by atoms with Crippen molar-refractivity contribution in [3.8, 4) is 0 Å². The smallest absolute Gasteiger partial charge is 0.338 e. The number of nitro benzene ring substituents is 1. The first kappa shape index (κ1) is 25.6. The molecular weight excluding hydrogens is 498 g/mol. The van der Waals surface area contributed by atoms with E-state index in [9.17, 15) is 19.7 Å². The third kappa shape index (κ3) is 5.19. The lowest BCUT2D eigenvalue weighted by Gasteiger charge is -2.25. The van der Waals surface area contributed by atoms with Crippen LogP contribution < -0.4 is 14.9 Å². The number of benzene rings is 2. The minimum Gasteiger partial charge on any atom is -0.462 e. The Hall–Kier alpha value is -3.50. The molecule has 0 saturated carbocycles. The van der Waals surface area contributed by atoms with Crippen molar-refractivity contribution in [1.82, 2.24) is 4.57 Å². The molecule has 0 saturated heterocycles. The Kier molecular flexibility index (Phi) is 7.56. The first-order valence-corrected chi connectivity index (χ1v) is 13.3. The number of rotatable bonds is 7. The molecule has 0 fully saturated rings. The van der Waals surface area contributed by atoms with Gasteiger partial charge in [-0.05, 0) is 48.4 Å². The molecule has 2 aromatic carbocycles. The first-order valence-electron chi connectivity index (χ1n) is 11.3. The summed E-state index contributed by atoms with van der Waals surface area (Å²) < 4.78 is 7.44. The highest BCUT2D eigenvalue weighted by Crippen LogP contribution is 2.31. The highest BCUT2D eigenvalue weighted by atomic mass is 32.2. The normalized spacial score (nSPS) is 15.6. The monoisotopic (exact) mass is 523 g/mol. The molecule has 0 radical (unpaired) electrons. The molecule has 1 aromatic heterocycles. The summed E-state index contributed by atoms with van der Waals surface area (Å²) in [6.45, 7) is 5.91. The molecule has 3 aromatic rings. The van der Waals surface area contributed by atoms with E-state index in [1.165, 1.54) is 28.0 Å². The van der Waals surface area contributed by atoms with Gasteiger partial charge in [0.1, 0.15) is 0 Å². The highest BCUT2D eigenvalue weighted by Gasteiger charge is 2.33. The summed E-state index contributed by atoms with van der Waals surface area (Å²) in [6.07, 6.45) is 3.59. The Morgan fingerprint density at radius 3 is 2.64 bits per heavy atom. The fourth-order valence-electron chi connectivity index (χ4n) is 3.88. The quantitative estimate of drug-likeness (QED) is 0.200. The van der Waals surface area contributed by atoms with Gasteiger partial charge in [0.15, 0.2) is 4.80 Å². The van der Waals surface area contributed by atoms with E-state index in [2.05, 4.69) is 4.99 Å². The maximum absolute atomic E-state index is 13.7. The summed E-state index contributed by atoms with van der Waals surface area (Å²) in [5, 5.41) is 11.2. The Morgan fingerprint density at radius 1 is 1.28 bits per heavy atom. The van der Waals surface area contributed by atoms with Crippen molar-refractivity contribution < 1.29 is 14.5 Å². The molecule has 1 unspecified atom stereocenters. The second-order valence-corrected chi connectivity index (χ2v) is 10.6. The van der Waals surface area contributed by atoms with Crippen LogP contribution >= 0.6 is 23.1 Å². The third-order valence-electron chi connectivity index (χ3n) is 5.60. The number of ether oxygens (including phenoxy) is 1. The van der Waals surface area contributed by atoms with Gasteiger partial charge in [0.25, 0.3) is 11.2 Å². The number of allylic oxidation sites excluding steroid dienone is 1. The van der Waals surface area contributed by atoms with Crippen LogP contribution in [-0.2, 0) is 9.53 Å². The van der Waals surface area contributed by atoms with E-state index in [0.717, 1.165) is 10.5 Å². The van der Waals surface area contributed by atoms with Gasteiger partial charge in [0, 0.05) is 17.0 Å². The molecule has 1 aliphatic heterocycles. The van der Waals surface area contributed by atoms with Gasteiger partial charge in [-0.15, -0.1) is 11.8 Å². The minimum atomic E-state index is -0.705. The highest BCUT2D eigenvalue weighted by molar-refractivity contribution is 7.98. The Morgan fingerprint density at radius 2 is 2.00 bits per heavy atom. The van der Waals surface area contributed by atoms with Crippen molar-refractivity contribution in [2.75, 3.05) is 12.9 Å². The molecule has 8 nitrogen and oxygen atoms in total. The van der Waals surface area contributed by atoms with Crippen LogP contribution in [0, 0.1) is 16.0 Å². The van der Waals surface area contributed by atoms with Crippen LogP contribution in [0.15, 0.2) is 74.5 Å². The Labute approximate surface area is 215 Å². The molecular formula is C26H25N3O5S2. The van der Waals surface area contributed by atoms with Gasteiger partial charge in [0.05, 0.1) is 33.4 Å². The third-order valence-corrected chi connectivity index (χ3v) is 7.33. The molecule has 36 heavy (non-hydrogen) atoms. The van der Waals surface area contributed by atoms with Crippen molar-refractivity contribution in [3.05, 3.63) is 101 Å². The van der Waals surface area contributed by atoms with Crippen LogP contribution in [0.1, 0.15) is 37.9 Å². The number of esters is 1. The fraction of sp³-hybridized carbons (Fsp3) is 0.269. The minimum absolute atomic E-state index is 0.0608. The van der Waals surface area contributed by atoms with Gasteiger partial charge >= 0.3 is 5.97 Å². The van der Waals surface area contributed by atoms with E-state index in [1.807, 2.05) is 44.4 Å². The van der Waals surface area contributed by atoms with E-state index < -0.39 is 16.9 Å². The number of carbonyl (C=O) groups excluding carboxylic acids is 1. The number of fused-ring (bicyclic) bond motifs is 1. The number of aromatic nitrogens is 1. The van der Waals surface area contributed by atoms with Crippen molar-refractivity contribution in [2.45, 2.75) is 31.7 Å². The number of thiazole rings is 1. The number of nitro groups is 1. The largest absolute Gasteiger partial charge is 0.462 e. The average molecular weight is 524 g/mol. The van der Waals surface area contributed by atoms with Gasteiger partial charge in [-0.1, -0.05) is 49.4 Å². The van der Waals surface area contributed by atoms with Crippen LogP contribution in [0.4, 0.5) is 5.69 Å². The van der Waals surface area contributed by atoms with Gasteiger partial charge in [-0.25, -0.2) is 9.79 Å². The SMILES string of the molecule is CSc1ccc(C2C(C(=O)OCC(C)C)=C(C)N=c3sc(=Cc4cccc([N+](=O)[O-])c4)c(=O)n32)cc1. The maximum Gasteiger partial charge on any atom is 0.338 e. The molecule has 4 rings (SSSR count). The zero-order valence-electron chi connectivity index (χ0n) is 20.3. The molecule has 1 atom stereocenters. The number of hydrogen-bond donors (Lipinski definition) is 0. The van der Waals surface area contributed by atoms with Gasteiger partial charge in [-0.3, -0.25) is 19.5 Å². The van der Waals surface area contributed by atoms with Crippen LogP contribution in [0.2, 0.25) is 0 Å². The van der Waals surface area contributed by atoms with E-state index >= 15 is 0 Å². The van der Waals surface area contributed by atoms with E-state index in [4.69, 9.17) is 4.74 Å². The lowest BCUT2D eigenvalue weighted by Crippen LogP contribution is -2.40. The lowest BCUT2D eigenvalue weighted by molar-refractivity contribution is -0.384. The molecule has 2 heterocycles. The number of nitrogens with zero attached hydrogens (tertiary/aromatic N) is 3. The molecule has 0 aliphatic carbocycles. The molecule has 186 valence electrons. The summed E-state index contributed by atoms with van der Waals surface area (Å²) >= 11 is 2.78. The topological polar surface area (TPSA) is 104 Å². The maximum atomic E-state index is 13.7. The van der Waals surface area contributed by atoms with Crippen molar-refractivity contribution in [2.24, 2.45) is 10.9 Å². The van der Waals surface area contributed by atoms with Crippen molar-refractivity contribution in [1.29, 1.82) is 0 Å². The average Bonchev–Trinajstić information content (AvgIpc) is 3.16. The Bertz CT molecular complexity index is 1530. The van der Waals surface area contributed by atoms with Gasteiger partial charge < -0.3 is 4.74 Å². The summed E-state index contributed by atoms with van der Waals surface area (Å²) in [5.74, 6) is -0.345. The number of hydrogen-bond acceptors (Lipinski definition) is 8. The molecule has 10 heteroatoms. The number of carbonyl (C=O) groups is 1. The van der Waals surface area contributed by atoms with Crippen LogP contribution in [0.5, 0.6) is 0 Å². The van der Waals surface area contributed by atoms with Crippen LogP contribution in [0.25, 0.3) is 6.08 Å². The number of non-ortho nitro benzene ring substituents is 1. The fourth-order valence-corrected chi connectivity index (χ4v) is 5.34. The van der Waals surface area contributed by atoms with E-state index in [1.54, 1.807) is 36.9 Å². The van der Waals surface area contributed by atoms with E-state index in [-0.39, 0.29) is 23.8 Å². The number of thioether (sulfide) groups is 1. The second-order valence-electron chi connectivity index (χ2n) is 8.70.